The zero-order valence-electron chi connectivity index (χ0n) is 11.8. The SMILES string of the molecule is COc1ncccc1C(=O)N[C@@H](CO)Cc1ccccc1. The summed E-state index contributed by atoms with van der Waals surface area (Å²) < 4.78 is 5.07. The van der Waals surface area contributed by atoms with E-state index in [9.17, 15) is 9.90 Å². The number of nitrogens with zero attached hydrogens (tertiary/aromatic N) is 1. The summed E-state index contributed by atoms with van der Waals surface area (Å²) in [6.07, 6.45) is 2.12. The van der Waals surface area contributed by atoms with E-state index in [1.807, 2.05) is 30.3 Å². The highest BCUT2D eigenvalue weighted by atomic mass is 16.5. The number of hydrogen-bond donors (Lipinski definition) is 2. The number of pyridine rings is 1. The van der Waals surface area contributed by atoms with Crippen LogP contribution in [0, 0.1) is 0 Å². The van der Waals surface area contributed by atoms with Crippen molar-refractivity contribution in [2.75, 3.05) is 13.7 Å². The number of aromatic nitrogens is 1. The number of benzene rings is 1. The summed E-state index contributed by atoms with van der Waals surface area (Å²) in [4.78, 5) is 16.2. The number of amides is 1. The van der Waals surface area contributed by atoms with E-state index in [1.54, 1.807) is 18.3 Å². The molecule has 5 nitrogen and oxygen atoms in total. The second kappa shape index (κ2) is 7.40. The van der Waals surface area contributed by atoms with Gasteiger partial charge in [0.05, 0.1) is 19.8 Å². The Morgan fingerprint density at radius 3 is 2.71 bits per heavy atom. The van der Waals surface area contributed by atoms with Crippen molar-refractivity contribution in [2.24, 2.45) is 0 Å². The van der Waals surface area contributed by atoms with E-state index in [-0.39, 0.29) is 24.4 Å². The number of methoxy groups -OCH3 is 1. The second-order valence-electron chi connectivity index (χ2n) is 4.60. The fourth-order valence-corrected chi connectivity index (χ4v) is 2.05. The molecule has 1 aromatic carbocycles. The van der Waals surface area contributed by atoms with Crippen LogP contribution >= 0.6 is 0 Å². The maximum absolute atomic E-state index is 12.2. The van der Waals surface area contributed by atoms with Crippen LogP contribution in [0.1, 0.15) is 15.9 Å². The van der Waals surface area contributed by atoms with Crippen molar-refractivity contribution >= 4 is 5.91 Å². The van der Waals surface area contributed by atoms with Crippen LogP contribution in [0.15, 0.2) is 48.7 Å². The van der Waals surface area contributed by atoms with Gasteiger partial charge in [-0.25, -0.2) is 4.98 Å². The van der Waals surface area contributed by atoms with E-state index in [1.165, 1.54) is 7.11 Å². The molecule has 1 heterocycles. The Bertz CT molecular complexity index is 587. The third-order valence-corrected chi connectivity index (χ3v) is 3.09. The smallest absolute Gasteiger partial charge is 0.257 e. The molecule has 110 valence electrons. The van der Waals surface area contributed by atoms with Crippen LogP contribution in [0.3, 0.4) is 0 Å². The fourth-order valence-electron chi connectivity index (χ4n) is 2.05. The molecule has 0 bridgehead atoms. The quantitative estimate of drug-likeness (QED) is 0.842. The molecule has 0 fully saturated rings. The predicted octanol–water partition coefficient (Wildman–Crippen LogP) is 1.42. The molecule has 5 heteroatoms. The summed E-state index contributed by atoms with van der Waals surface area (Å²) in [5, 5.41) is 12.2. The highest BCUT2D eigenvalue weighted by Crippen LogP contribution is 2.13. The van der Waals surface area contributed by atoms with E-state index >= 15 is 0 Å². The first-order valence-electron chi connectivity index (χ1n) is 6.69. The molecule has 2 N–H and O–H groups in total. The topological polar surface area (TPSA) is 71.5 Å². The summed E-state index contributed by atoms with van der Waals surface area (Å²) in [5.74, 6) is -0.0404. The van der Waals surface area contributed by atoms with Crippen molar-refractivity contribution < 1.29 is 14.6 Å². The average Bonchev–Trinajstić information content (AvgIpc) is 2.55. The number of nitrogens with one attached hydrogen (secondary N) is 1. The standard InChI is InChI=1S/C16H18N2O3/c1-21-16-14(8-5-9-17-16)15(20)18-13(11-19)10-12-6-3-2-4-7-12/h2-9,13,19H,10-11H2,1H3,(H,18,20)/t13-/m1/s1. The zero-order chi connectivity index (χ0) is 15.1. The highest BCUT2D eigenvalue weighted by molar-refractivity contribution is 5.96. The Balaban J connectivity index is 2.06. The second-order valence-corrected chi connectivity index (χ2v) is 4.60. The van der Waals surface area contributed by atoms with Crippen molar-refractivity contribution in [1.82, 2.24) is 10.3 Å². The van der Waals surface area contributed by atoms with E-state index in [0.29, 0.717) is 12.0 Å². The Morgan fingerprint density at radius 2 is 2.05 bits per heavy atom. The summed E-state index contributed by atoms with van der Waals surface area (Å²) in [5.41, 5.74) is 1.40. The molecule has 1 amide bonds. The van der Waals surface area contributed by atoms with E-state index in [0.717, 1.165) is 5.56 Å². The van der Waals surface area contributed by atoms with Crippen molar-refractivity contribution in [1.29, 1.82) is 0 Å². The van der Waals surface area contributed by atoms with Gasteiger partial charge < -0.3 is 15.2 Å². The lowest BCUT2D eigenvalue weighted by Gasteiger charge is -2.17. The van der Waals surface area contributed by atoms with Crippen LogP contribution < -0.4 is 10.1 Å². The number of carbonyl (C=O) groups is 1. The Labute approximate surface area is 123 Å². The minimum Gasteiger partial charge on any atom is -0.480 e. The van der Waals surface area contributed by atoms with Gasteiger partial charge in [0.25, 0.3) is 5.91 Å². The van der Waals surface area contributed by atoms with Gasteiger partial charge in [0, 0.05) is 6.20 Å². The molecule has 2 aromatic rings. The summed E-state index contributed by atoms with van der Waals surface area (Å²) >= 11 is 0. The number of hydrogen-bond acceptors (Lipinski definition) is 4. The molecule has 0 saturated carbocycles. The molecule has 1 atom stereocenters. The van der Waals surface area contributed by atoms with Gasteiger partial charge in [0.2, 0.25) is 5.88 Å². The van der Waals surface area contributed by atoms with Gasteiger partial charge in [-0.15, -0.1) is 0 Å². The maximum Gasteiger partial charge on any atom is 0.257 e. The highest BCUT2D eigenvalue weighted by Gasteiger charge is 2.17. The van der Waals surface area contributed by atoms with Crippen LogP contribution in [-0.4, -0.2) is 35.8 Å². The summed E-state index contributed by atoms with van der Waals surface area (Å²) in [6.45, 7) is -0.136. The average molecular weight is 286 g/mol. The van der Waals surface area contributed by atoms with Gasteiger partial charge in [-0.1, -0.05) is 30.3 Å². The van der Waals surface area contributed by atoms with Gasteiger partial charge in [-0.2, -0.15) is 0 Å². The molecular weight excluding hydrogens is 268 g/mol. The molecule has 1 aromatic heterocycles. The summed E-state index contributed by atoms with van der Waals surface area (Å²) in [6, 6.07) is 12.6. The lowest BCUT2D eigenvalue weighted by molar-refractivity contribution is 0.0912. The van der Waals surface area contributed by atoms with Crippen molar-refractivity contribution in [3.63, 3.8) is 0 Å². The molecule has 2 rings (SSSR count). The molecule has 0 aliphatic heterocycles. The van der Waals surface area contributed by atoms with E-state index < -0.39 is 0 Å². The van der Waals surface area contributed by atoms with Gasteiger partial charge in [0.15, 0.2) is 0 Å². The van der Waals surface area contributed by atoms with Crippen LogP contribution in [0.5, 0.6) is 5.88 Å². The summed E-state index contributed by atoms with van der Waals surface area (Å²) in [7, 11) is 1.46. The molecule has 21 heavy (non-hydrogen) atoms. The van der Waals surface area contributed by atoms with Crippen LogP contribution in [-0.2, 0) is 6.42 Å². The van der Waals surface area contributed by atoms with Gasteiger partial charge in [0.1, 0.15) is 5.56 Å². The lowest BCUT2D eigenvalue weighted by Crippen LogP contribution is -2.39. The Morgan fingerprint density at radius 1 is 1.29 bits per heavy atom. The normalized spacial score (nSPS) is 11.7. The number of rotatable bonds is 6. The van der Waals surface area contributed by atoms with Crippen molar-refractivity contribution in [3.8, 4) is 5.88 Å². The Hall–Kier alpha value is -2.40. The van der Waals surface area contributed by atoms with Crippen LogP contribution in [0.4, 0.5) is 0 Å². The fraction of sp³-hybridized carbons (Fsp3) is 0.250. The zero-order valence-corrected chi connectivity index (χ0v) is 11.8. The maximum atomic E-state index is 12.2. The number of aliphatic hydroxyl groups excluding tert-OH is 1. The van der Waals surface area contributed by atoms with Crippen LogP contribution in [0.25, 0.3) is 0 Å². The molecular formula is C16H18N2O3. The molecule has 0 spiro atoms. The minimum absolute atomic E-state index is 0.136. The van der Waals surface area contributed by atoms with Crippen molar-refractivity contribution in [2.45, 2.75) is 12.5 Å². The first-order valence-corrected chi connectivity index (χ1v) is 6.69. The molecule has 0 unspecified atom stereocenters. The van der Waals surface area contributed by atoms with Crippen molar-refractivity contribution in [3.05, 3.63) is 59.8 Å². The number of carbonyl (C=O) groups excluding carboxylic acids is 1. The monoisotopic (exact) mass is 286 g/mol. The van der Waals surface area contributed by atoms with E-state index in [4.69, 9.17) is 4.74 Å². The number of aliphatic hydroxyl groups is 1. The Kier molecular flexibility index (Phi) is 5.29. The largest absolute Gasteiger partial charge is 0.480 e. The van der Waals surface area contributed by atoms with Crippen LogP contribution in [0.2, 0.25) is 0 Å². The molecule has 0 saturated heterocycles. The first kappa shape index (κ1) is 15.0. The predicted molar refractivity (Wildman–Crippen MR) is 79.3 cm³/mol. The van der Waals surface area contributed by atoms with Gasteiger partial charge >= 0.3 is 0 Å². The minimum atomic E-state index is -0.357. The number of ether oxygens (including phenoxy) is 1. The molecule has 0 aliphatic carbocycles. The molecule has 0 aliphatic rings. The van der Waals surface area contributed by atoms with Gasteiger partial charge in [-0.05, 0) is 24.1 Å². The van der Waals surface area contributed by atoms with Gasteiger partial charge in [-0.3, -0.25) is 4.79 Å². The van der Waals surface area contributed by atoms with E-state index in [2.05, 4.69) is 10.3 Å². The first-order chi connectivity index (χ1) is 10.2. The molecule has 0 radical (unpaired) electrons. The third-order valence-electron chi connectivity index (χ3n) is 3.09. The third kappa shape index (κ3) is 4.03. The lowest BCUT2D eigenvalue weighted by atomic mass is 10.1.